The van der Waals surface area contributed by atoms with Crippen LogP contribution in [0.5, 0.6) is 0 Å². The Kier molecular flexibility index (Phi) is 5.05. The van der Waals surface area contributed by atoms with E-state index in [2.05, 4.69) is 10.3 Å². The number of methoxy groups -OCH3 is 1. The second kappa shape index (κ2) is 6.78. The summed E-state index contributed by atoms with van der Waals surface area (Å²) in [5, 5.41) is 4.00. The van der Waals surface area contributed by atoms with E-state index in [-0.39, 0.29) is 5.82 Å². The van der Waals surface area contributed by atoms with E-state index in [0.717, 1.165) is 27.9 Å². The van der Waals surface area contributed by atoms with E-state index < -0.39 is 0 Å². The maximum Gasteiger partial charge on any atom is 0.190 e. The Morgan fingerprint density at radius 1 is 1.35 bits per heavy atom. The van der Waals surface area contributed by atoms with Crippen molar-refractivity contribution in [3.63, 3.8) is 0 Å². The minimum Gasteiger partial charge on any atom is -0.378 e. The van der Waals surface area contributed by atoms with Crippen molar-refractivity contribution in [3.8, 4) is 0 Å². The predicted molar refractivity (Wildman–Crippen MR) is 80.1 cm³/mol. The van der Waals surface area contributed by atoms with Crippen molar-refractivity contribution in [2.75, 3.05) is 26.1 Å². The molecule has 0 bridgehead atoms. The van der Waals surface area contributed by atoms with Gasteiger partial charge in [-0.3, -0.25) is 0 Å². The summed E-state index contributed by atoms with van der Waals surface area (Å²) in [5.74, 6) is -0.239. The Bertz CT molecular complexity index is 533. The summed E-state index contributed by atoms with van der Waals surface area (Å²) in [5.41, 5.74) is 1.84. The van der Waals surface area contributed by atoms with Crippen LogP contribution in [0.25, 0.3) is 0 Å². The lowest BCUT2D eigenvalue weighted by molar-refractivity contribution is 0.181. The molecule has 108 valence electrons. The van der Waals surface area contributed by atoms with Crippen LogP contribution in [0.3, 0.4) is 0 Å². The molecule has 20 heavy (non-hydrogen) atoms. The standard InChI is InChI=1S/C14H18FN3OS/c1-16-8-13-12(9-19-3)17-14(20-13)18(2)11-6-4-10(15)5-7-11/h4-7,16H,8-9H2,1-3H3. The van der Waals surface area contributed by atoms with Crippen molar-refractivity contribution in [2.24, 2.45) is 0 Å². The molecule has 2 aromatic rings. The number of nitrogens with one attached hydrogen (secondary N) is 1. The minimum atomic E-state index is -0.239. The molecule has 2 rings (SSSR count). The second-order valence-corrected chi connectivity index (χ2v) is 5.43. The van der Waals surface area contributed by atoms with Crippen molar-refractivity contribution in [1.29, 1.82) is 0 Å². The lowest BCUT2D eigenvalue weighted by Gasteiger charge is -2.15. The van der Waals surface area contributed by atoms with Gasteiger partial charge in [0.05, 0.1) is 12.3 Å². The molecule has 0 aliphatic rings. The van der Waals surface area contributed by atoms with Gasteiger partial charge in [-0.1, -0.05) is 11.3 Å². The first-order valence-corrected chi connectivity index (χ1v) is 7.08. The zero-order valence-electron chi connectivity index (χ0n) is 11.8. The molecule has 4 nitrogen and oxygen atoms in total. The largest absolute Gasteiger partial charge is 0.378 e. The van der Waals surface area contributed by atoms with E-state index in [1.165, 1.54) is 12.1 Å². The molecule has 0 unspecified atom stereocenters. The molecule has 0 amide bonds. The SMILES string of the molecule is CNCc1sc(N(C)c2ccc(F)cc2)nc1COC. The second-order valence-electron chi connectivity index (χ2n) is 4.37. The van der Waals surface area contributed by atoms with Crippen LogP contribution in [-0.2, 0) is 17.9 Å². The molecule has 0 aliphatic carbocycles. The summed E-state index contributed by atoms with van der Waals surface area (Å²) in [6.07, 6.45) is 0. The highest BCUT2D eigenvalue weighted by atomic mass is 32.1. The van der Waals surface area contributed by atoms with Gasteiger partial charge in [-0.2, -0.15) is 0 Å². The van der Waals surface area contributed by atoms with E-state index in [1.807, 2.05) is 19.0 Å². The van der Waals surface area contributed by atoms with Gasteiger partial charge in [-0.15, -0.1) is 0 Å². The molecule has 0 radical (unpaired) electrons. The highest BCUT2D eigenvalue weighted by Gasteiger charge is 2.14. The van der Waals surface area contributed by atoms with Crippen LogP contribution in [0.1, 0.15) is 10.6 Å². The van der Waals surface area contributed by atoms with Crippen molar-refractivity contribution in [2.45, 2.75) is 13.2 Å². The number of benzene rings is 1. The summed E-state index contributed by atoms with van der Waals surface area (Å²) in [6, 6.07) is 6.38. The van der Waals surface area contributed by atoms with E-state index in [1.54, 1.807) is 30.6 Å². The number of ether oxygens (including phenoxy) is 1. The van der Waals surface area contributed by atoms with Crippen molar-refractivity contribution in [3.05, 3.63) is 40.7 Å². The number of rotatable bonds is 6. The summed E-state index contributed by atoms with van der Waals surface area (Å²) in [7, 11) is 5.48. The van der Waals surface area contributed by atoms with Crippen LogP contribution in [0.2, 0.25) is 0 Å². The zero-order chi connectivity index (χ0) is 14.5. The van der Waals surface area contributed by atoms with Gasteiger partial charge in [0.1, 0.15) is 5.82 Å². The highest BCUT2D eigenvalue weighted by molar-refractivity contribution is 7.15. The first-order valence-electron chi connectivity index (χ1n) is 6.27. The summed E-state index contributed by atoms with van der Waals surface area (Å²) in [4.78, 5) is 7.70. The lowest BCUT2D eigenvalue weighted by Crippen LogP contribution is -2.09. The van der Waals surface area contributed by atoms with Gasteiger partial charge >= 0.3 is 0 Å². The first-order chi connectivity index (χ1) is 9.65. The Hall–Kier alpha value is -1.50. The highest BCUT2D eigenvalue weighted by Crippen LogP contribution is 2.31. The molecule has 1 heterocycles. The third kappa shape index (κ3) is 3.33. The van der Waals surface area contributed by atoms with Gasteiger partial charge < -0.3 is 15.0 Å². The molecule has 0 spiro atoms. The monoisotopic (exact) mass is 295 g/mol. The maximum absolute atomic E-state index is 13.0. The minimum absolute atomic E-state index is 0.239. The normalized spacial score (nSPS) is 10.8. The topological polar surface area (TPSA) is 37.4 Å². The van der Waals surface area contributed by atoms with E-state index in [4.69, 9.17) is 4.74 Å². The van der Waals surface area contributed by atoms with Crippen molar-refractivity contribution in [1.82, 2.24) is 10.3 Å². The molecule has 0 fully saturated rings. The average Bonchev–Trinajstić information content (AvgIpc) is 2.83. The molecular formula is C14H18FN3OS. The molecule has 0 atom stereocenters. The summed E-state index contributed by atoms with van der Waals surface area (Å²) < 4.78 is 18.1. The fourth-order valence-electron chi connectivity index (χ4n) is 1.84. The Morgan fingerprint density at radius 2 is 2.05 bits per heavy atom. The fraction of sp³-hybridized carbons (Fsp3) is 0.357. The molecular weight excluding hydrogens is 277 g/mol. The lowest BCUT2D eigenvalue weighted by atomic mass is 10.3. The van der Waals surface area contributed by atoms with Crippen LogP contribution in [0.15, 0.2) is 24.3 Å². The number of anilines is 2. The molecule has 0 saturated heterocycles. The fourth-order valence-corrected chi connectivity index (χ4v) is 2.89. The Labute approximate surface area is 122 Å². The molecule has 0 saturated carbocycles. The van der Waals surface area contributed by atoms with E-state index in [9.17, 15) is 4.39 Å². The molecule has 1 N–H and O–H groups in total. The van der Waals surface area contributed by atoms with Crippen LogP contribution >= 0.6 is 11.3 Å². The predicted octanol–water partition coefficient (Wildman–Crippen LogP) is 2.92. The van der Waals surface area contributed by atoms with Gasteiger partial charge in [0.15, 0.2) is 5.13 Å². The quantitative estimate of drug-likeness (QED) is 0.889. The number of hydrogen-bond donors (Lipinski definition) is 1. The first kappa shape index (κ1) is 14.9. The van der Waals surface area contributed by atoms with E-state index in [0.29, 0.717) is 6.61 Å². The van der Waals surface area contributed by atoms with Crippen molar-refractivity contribution < 1.29 is 9.13 Å². The van der Waals surface area contributed by atoms with Crippen LogP contribution in [0.4, 0.5) is 15.2 Å². The van der Waals surface area contributed by atoms with Gasteiger partial charge in [-0.05, 0) is 31.3 Å². The third-order valence-electron chi connectivity index (χ3n) is 2.89. The summed E-state index contributed by atoms with van der Waals surface area (Å²) in [6.45, 7) is 1.25. The van der Waals surface area contributed by atoms with Gasteiger partial charge in [0.25, 0.3) is 0 Å². The number of aromatic nitrogens is 1. The molecule has 6 heteroatoms. The van der Waals surface area contributed by atoms with Crippen LogP contribution in [0, 0.1) is 5.82 Å². The van der Waals surface area contributed by atoms with E-state index >= 15 is 0 Å². The van der Waals surface area contributed by atoms with Crippen LogP contribution < -0.4 is 10.2 Å². The number of halogens is 1. The molecule has 0 aliphatic heterocycles. The smallest absolute Gasteiger partial charge is 0.190 e. The molecule has 1 aromatic carbocycles. The van der Waals surface area contributed by atoms with Crippen molar-refractivity contribution >= 4 is 22.2 Å². The number of hydrogen-bond acceptors (Lipinski definition) is 5. The number of thiazole rings is 1. The summed E-state index contributed by atoms with van der Waals surface area (Å²) >= 11 is 1.61. The zero-order valence-corrected chi connectivity index (χ0v) is 12.6. The Morgan fingerprint density at radius 3 is 2.65 bits per heavy atom. The molecule has 1 aromatic heterocycles. The van der Waals surface area contributed by atoms with Gasteiger partial charge in [0, 0.05) is 31.3 Å². The third-order valence-corrected chi connectivity index (χ3v) is 4.06. The number of nitrogens with zero attached hydrogens (tertiary/aromatic N) is 2. The maximum atomic E-state index is 13.0. The van der Waals surface area contributed by atoms with Gasteiger partial charge in [0.2, 0.25) is 0 Å². The van der Waals surface area contributed by atoms with Crippen LogP contribution in [-0.4, -0.2) is 26.2 Å². The van der Waals surface area contributed by atoms with Gasteiger partial charge in [-0.25, -0.2) is 9.37 Å². The Balaban J connectivity index is 2.27. The average molecular weight is 295 g/mol.